The fraction of sp³-hybridized carbons (Fsp3) is 1.00. The number of hydrogen-bond acceptors (Lipinski definition) is 2. The standard InChI is InChI=1S/C8H17FN2.C2H6/c1-10-4-7-11-5-2-8(9)3-6-11;1-2/h8,10H,2-7H2,1H3;1-2H3. The van der Waals surface area contributed by atoms with E-state index in [0.29, 0.717) is 0 Å². The van der Waals surface area contributed by atoms with Crippen molar-refractivity contribution in [2.75, 3.05) is 33.2 Å². The Kier molecular flexibility index (Phi) is 8.35. The molecule has 0 aromatic carbocycles. The van der Waals surface area contributed by atoms with Crippen LogP contribution in [-0.4, -0.2) is 44.3 Å². The number of alkyl halides is 1. The molecule has 0 unspecified atom stereocenters. The van der Waals surface area contributed by atoms with Crippen molar-refractivity contribution in [3.63, 3.8) is 0 Å². The van der Waals surface area contributed by atoms with Crippen LogP contribution in [0.25, 0.3) is 0 Å². The molecule has 0 aliphatic carbocycles. The lowest BCUT2D eigenvalue weighted by Crippen LogP contribution is -2.38. The molecule has 0 spiro atoms. The minimum absolute atomic E-state index is 0.541. The molecule has 1 aliphatic rings. The minimum atomic E-state index is -0.541. The first-order chi connectivity index (χ1) is 6.33. The summed E-state index contributed by atoms with van der Waals surface area (Å²) < 4.78 is 12.6. The molecule has 0 aromatic rings. The van der Waals surface area contributed by atoms with Crippen molar-refractivity contribution >= 4 is 0 Å². The van der Waals surface area contributed by atoms with E-state index in [-0.39, 0.29) is 0 Å². The molecule has 13 heavy (non-hydrogen) atoms. The fourth-order valence-corrected chi connectivity index (χ4v) is 1.39. The Morgan fingerprint density at radius 2 is 1.85 bits per heavy atom. The van der Waals surface area contributed by atoms with E-state index in [1.165, 1.54) is 0 Å². The molecule has 3 heteroatoms. The molecule has 1 fully saturated rings. The minimum Gasteiger partial charge on any atom is -0.318 e. The van der Waals surface area contributed by atoms with Crippen LogP contribution >= 0.6 is 0 Å². The van der Waals surface area contributed by atoms with E-state index in [0.717, 1.165) is 39.0 Å². The monoisotopic (exact) mass is 190 g/mol. The van der Waals surface area contributed by atoms with Crippen LogP contribution in [0.4, 0.5) is 4.39 Å². The summed E-state index contributed by atoms with van der Waals surface area (Å²) in [5.41, 5.74) is 0. The number of likely N-dealkylation sites (N-methyl/N-ethyl adjacent to an activating group) is 1. The van der Waals surface area contributed by atoms with E-state index in [4.69, 9.17) is 0 Å². The maximum Gasteiger partial charge on any atom is 0.103 e. The lowest BCUT2D eigenvalue weighted by atomic mass is 10.1. The Morgan fingerprint density at radius 3 is 2.31 bits per heavy atom. The third-order valence-corrected chi connectivity index (χ3v) is 2.20. The molecule has 0 atom stereocenters. The summed E-state index contributed by atoms with van der Waals surface area (Å²) in [6, 6.07) is 0. The second-order valence-electron chi connectivity index (χ2n) is 3.12. The summed E-state index contributed by atoms with van der Waals surface area (Å²) in [4.78, 5) is 2.31. The number of likely N-dealkylation sites (tertiary alicyclic amines) is 1. The molecular formula is C10H23FN2. The summed E-state index contributed by atoms with van der Waals surface area (Å²) in [5.74, 6) is 0. The number of halogens is 1. The molecule has 0 aromatic heterocycles. The highest BCUT2D eigenvalue weighted by Crippen LogP contribution is 2.11. The summed E-state index contributed by atoms with van der Waals surface area (Å²) in [6.45, 7) is 7.94. The topological polar surface area (TPSA) is 15.3 Å². The van der Waals surface area contributed by atoms with Crippen LogP contribution in [0.5, 0.6) is 0 Å². The number of nitrogens with zero attached hydrogens (tertiary/aromatic N) is 1. The third kappa shape index (κ3) is 5.99. The number of rotatable bonds is 3. The number of hydrogen-bond donors (Lipinski definition) is 1. The van der Waals surface area contributed by atoms with E-state index >= 15 is 0 Å². The van der Waals surface area contributed by atoms with Gasteiger partial charge in [0, 0.05) is 26.2 Å². The van der Waals surface area contributed by atoms with Crippen LogP contribution in [0.3, 0.4) is 0 Å². The summed E-state index contributed by atoms with van der Waals surface area (Å²) in [7, 11) is 1.95. The van der Waals surface area contributed by atoms with Crippen LogP contribution < -0.4 is 5.32 Å². The molecule has 1 N–H and O–H groups in total. The van der Waals surface area contributed by atoms with E-state index < -0.39 is 6.17 Å². The summed E-state index contributed by atoms with van der Waals surface area (Å²) in [6.07, 6.45) is 0.911. The van der Waals surface area contributed by atoms with Gasteiger partial charge in [0.1, 0.15) is 6.17 Å². The molecule has 0 bridgehead atoms. The summed E-state index contributed by atoms with van der Waals surface area (Å²) in [5, 5.41) is 3.09. The molecule has 0 amide bonds. The van der Waals surface area contributed by atoms with E-state index in [2.05, 4.69) is 10.2 Å². The van der Waals surface area contributed by atoms with E-state index in [1.807, 2.05) is 20.9 Å². The highest BCUT2D eigenvalue weighted by Gasteiger charge is 2.16. The van der Waals surface area contributed by atoms with Crippen molar-refractivity contribution in [3.8, 4) is 0 Å². The number of piperidine rings is 1. The first-order valence-corrected chi connectivity index (χ1v) is 5.34. The maximum atomic E-state index is 12.6. The second kappa shape index (κ2) is 8.45. The Bertz CT molecular complexity index is 98.3. The van der Waals surface area contributed by atoms with Crippen molar-refractivity contribution in [1.29, 1.82) is 0 Å². The Labute approximate surface area is 81.5 Å². The fourth-order valence-electron chi connectivity index (χ4n) is 1.39. The zero-order valence-electron chi connectivity index (χ0n) is 9.15. The molecule has 1 rings (SSSR count). The molecule has 1 saturated heterocycles. The van der Waals surface area contributed by atoms with Gasteiger partial charge in [-0.3, -0.25) is 0 Å². The predicted octanol–water partition coefficient (Wildman–Crippen LogP) is 1.67. The molecule has 80 valence electrons. The van der Waals surface area contributed by atoms with Crippen molar-refractivity contribution < 1.29 is 4.39 Å². The highest BCUT2D eigenvalue weighted by atomic mass is 19.1. The molecule has 1 heterocycles. The van der Waals surface area contributed by atoms with Gasteiger partial charge in [-0.05, 0) is 19.9 Å². The van der Waals surface area contributed by atoms with Gasteiger partial charge in [0.05, 0.1) is 0 Å². The van der Waals surface area contributed by atoms with Gasteiger partial charge in [-0.1, -0.05) is 13.8 Å². The average Bonchev–Trinajstić information content (AvgIpc) is 2.20. The molecular weight excluding hydrogens is 167 g/mol. The quantitative estimate of drug-likeness (QED) is 0.728. The van der Waals surface area contributed by atoms with Crippen LogP contribution in [0.1, 0.15) is 26.7 Å². The van der Waals surface area contributed by atoms with Crippen molar-refractivity contribution in [1.82, 2.24) is 10.2 Å². The third-order valence-electron chi connectivity index (χ3n) is 2.20. The summed E-state index contributed by atoms with van der Waals surface area (Å²) >= 11 is 0. The van der Waals surface area contributed by atoms with E-state index in [1.54, 1.807) is 0 Å². The van der Waals surface area contributed by atoms with E-state index in [9.17, 15) is 4.39 Å². The van der Waals surface area contributed by atoms with Gasteiger partial charge in [0.25, 0.3) is 0 Å². The molecule has 2 nitrogen and oxygen atoms in total. The lowest BCUT2D eigenvalue weighted by Gasteiger charge is -2.28. The largest absolute Gasteiger partial charge is 0.318 e. The van der Waals surface area contributed by atoms with Gasteiger partial charge in [0.15, 0.2) is 0 Å². The zero-order valence-corrected chi connectivity index (χ0v) is 9.15. The second-order valence-corrected chi connectivity index (χ2v) is 3.12. The van der Waals surface area contributed by atoms with Crippen LogP contribution in [0, 0.1) is 0 Å². The van der Waals surface area contributed by atoms with Gasteiger partial charge in [-0.25, -0.2) is 4.39 Å². The first-order valence-electron chi connectivity index (χ1n) is 5.34. The van der Waals surface area contributed by atoms with Crippen molar-refractivity contribution in [2.24, 2.45) is 0 Å². The normalized spacial score (nSPS) is 19.4. The molecule has 0 radical (unpaired) electrons. The van der Waals surface area contributed by atoms with Crippen molar-refractivity contribution in [3.05, 3.63) is 0 Å². The van der Waals surface area contributed by atoms with Crippen molar-refractivity contribution in [2.45, 2.75) is 32.9 Å². The predicted molar refractivity (Wildman–Crippen MR) is 55.8 cm³/mol. The van der Waals surface area contributed by atoms with Gasteiger partial charge in [0.2, 0.25) is 0 Å². The lowest BCUT2D eigenvalue weighted by molar-refractivity contribution is 0.152. The first kappa shape index (κ1) is 12.8. The Balaban J connectivity index is 0.000000671. The highest BCUT2D eigenvalue weighted by molar-refractivity contribution is 4.71. The SMILES string of the molecule is CC.CNCCN1CCC(F)CC1. The van der Waals surface area contributed by atoms with Crippen LogP contribution in [0.15, 0.2) is 0 Å². The van der Waals surface area contributed by atoms with Gasteiger partial charge >= 0.3 is 0 Å². The van der Waals surface area contributed by atoms with Crippen LogP contribution in [-0.2, 0) is 0 Å². The zero-order chi connectivity index (χ0) is 10.1. The van der Waals surface area contributed by atoms with Gasteiger partial charge in [-0.2, -0.15) is 0 Å². The van der Waals surface area contributed by atoms with Gasteiger partial charge < -0.3 is 10.2 Å². The molecule has 0 saturated carbocycles. The van der Waals surface area contributed by atoms with Gasteiger partial charge in [-0.15, -0.1) is 0 Å². The Hall–Kier alpha value is -0.150. The average molecular weight is 190 g/mol. The van der Waals surface area contributed by atoms with Crippen LogP contribution in [0.2, 0.25) is 0 Å². The molecule has 1 aliphatic heterocycles. The smallest absolute Gasteiger partial charge is 0.103 e. The Morgan fingerprint density at radius 1 is 1.31 bits per heavy atom. The number of nitrogens with one attached hydrogen (secondary N) is 1. The maximum absolute atomic E-state index is 12.6.